The molecule has 0 aromatic carbocycles. The normalized spacial score (nSPS) is 26.1. The third kappa shape index (κ3) is 2.08. The van der Waals surface area contributed by atoms with Crippen molar-refractivity contribution in [1.82, 2.24) is 4.90 Å². The van der Waals surface area contributed by atoms with Gasteiger partial charge in [-0.1, -0.05) is 0 Å². The number of β-amino-alcohol motifs (C(OH)–C–C–N with tert-alkyl or cyclic N) is 2. The van der Waals surface area contributed by atoms with Crippen LogP contribution in [0.5, 0.6) is 0 Å². The molecule has 1 aromatic heterocycles. The molecule has 1 saturated heterocycles. The van der Waals surface area contributed by atoms with Gasteiger partial charge in [0.2, 0.25) is 5.76 Å². The number of furan rings is 1. The Morgan fingerprint density at radius 3 is 2.62 bits per heavy atom. The summed E-state index contributed by atoms with van der Waals surface area (Å²) in [5.74, 6) is -1.20. The Labute approximate surface area is 91.7 Å². The number of nitrogens with zero attached hydrogens (tertiary/aromatic N) is 1. The monoisotopic (exact) mass is 227 g/mol. The molecule has 3 N–H and O–H groups in total. The van der Waals surface area contributed by atoms with Crippen LogP contribution in [0.1, 0.15) is 16.1 Å². The molecule has 2 unspecified atom stereocenters. The van der Waals surface area contributed by atoms with Crippen LogP contribution in [0.15, 0.2) is 16.7 Å². The van der Waals surface area contributed by atoms with Crippen LogP contribution in [0.2, 0.25) is 0 Å². The van der Waals surface area contributed by atoms with Crippen LogP contribution in [-0.4, -0.2) is 51.5 Å². The van der Waals surface area contributed by atoms with Gasteiger partial charge in [-0.2, -0.15) is 0 Å². The van der Waals surface area contributed by atoms with Crippen molar-refractivity contribution in [2.75, 3.05) is 13.1 Å². The Hall–Kier alpha value is -1.37. The van der Waals surface area contributed by atoms with Crippen LogP contribution in [0.4, 0.5) is 0 Å². The predicted molar refractivity (Wildman–Crippen MR) is 53.0 cm³/mol. The molecule has 1 aliphatic rings. The molecule has 1 aliphatic heterocycles. The summed E-state index contributed by atoms with van der Waals surface area (Å²) in [5, 5.41) is 27.5. The van der Waals surface area contributed by atoms with E-state index >= 15 is 0 Å². The lowest BCUT2D eigenvalue weighted by molar-refractivity contribution is 0.0572. The topological polar surface area (TPSA) is 94.1 Å². The van der Waals surface area contributed by atoms with E-state index in [9.17, 15) is 15.0 Å². The number of aliphatic hydroxyl groups is 2. The molecule has 16 heavy (non-hydrogen) atoms. The minimum atomic E-state index is -1.11. The second kappa shape index (κ2) is 4.25. The highest BCUT2D eigenvalue weighted by Gasteiger charge is 2.30. The zero-order valence-corrected chi connectivity index (χ0v) is 8.54. The van der Waals surface area contributed by atoms with Gasteiger partial charge in [0.25, 0.3) is 0 Å². The first-order valence-corrected chi connectivity index (χ1v) is 4.96. The maximum Gasteiger partial charge on any atom is 0.372 e. The summed E-state index contributed by atoms with van der Waals surface area (Å²) in [6.45, 7) is 1.03. The first-order valence-electron chi connectivity index (χ1n) is 4.96. The van der Waals surface area contributed by atoms with E-state index < -0.39 is 18.2 Å². The third-order valence-electron chi connectivity index (χ3n) is 2.67. The van der Waals surface area contributed by atoms with Gasteiger partial charge in [-0.25, -0.2) is 4.79 Å². The van der Waals surface area contributed by atoms with Crippen molar-refractivity contribution in [3.8, 4) is 0 Å². The van der Waals surface area contributed by atoms with Gasteiger partial charge >= 0.3 is 5.97 Å². The molecule has 0 amide bonds. The van der Waals surface area contributed by atoms with Crippen LogP contribution in [0.3, 0.4) is 0 Å². The highest BCUT2D eigenvalue weighted by Crippen LogP contribution is 2.17. The van der Waals surface area contributed by atoms with Crippen molar-refractivity contribution in [3.63, 3.8) is 0 Å². The van der Waals surface area contributed by atoms with Crippen molar-refractivity contribution in [1.29, 1.82) is 0 Å². The van der Waals surface area contributed by atoms with Gasteiger partial charge in [0.05, 0.1) is 18.5 Å². The zero-order valence-electron chi connectivity index (χ0n) is 8.54. The van der Waals surface area contributed by atoms with Crippen molar-refractivity contribution < 1.29 is 24.5 Å². The van der Waals surface area contributed by atoms with E-state index in [-0.39, 0.29) is 5.76 Å². The molecule has 2 atom stereocenters. The number of hydrogen-bond donors (Lipinski definition) is 3. The molecule has 2 rings (SSSR count). The molecule has 0 bridgehead atoms. The lowest BCUT2D eigenvalue weighted by atomic mass is 10.2. The first-order chi connectivity index (χ1) is 7.58. The number of carboxylic acids is 1. The number of aliphatic hydroxyl groups excluding tert-OH is 2. The summed E-state index contributed by atoms with van der Waals surface area (Å²) in [4.78, 5) is 12.6. The Morgan fingerprint density at radius 1 is 1.44 bits per heavy atom. The van der Waals surface area contributed by atoms with Crippen molar-refractivity contribution in [2.24, 2.45) is 0 Å². The van der Waals surface area contributed by atoms with Crippen LogP contribution >= 0.6 is 0 Å². The SMILES string of the molecule is O=C(O)c1occc1CN1CC(O)C(O)C1. The molecule has 1 fully saturated rings. The average Bonchev–Trinajstić information content (AvgIpc) is 2.75. The molecule has 6 nitrogen and oxygen atoms in total. The second-order valence-electron chi connectivity index (χ2n) is 3.91. The number of carbonyl (C=O) groups is 1. The highest BCUT2D eigenvalue weighted by atomic mass is 16.4. The Bertz CT molecular complexity index is 378. The maximum absolute atomic E-state index is 10.8. The number of aromatic carboxylic acids is 1. The lowest BCUT2D eigenvalue weighted by Gasteiger charge is -2.13. The van der Waals surface area contributed by atoms with Gasteiger partial charge in [0, 0.05) is 25.2 Å². The minimum absolute atomic E-state index is 0.0871. The summed E-state index contributed by atoms with van der Waals surface area (Å²) in [6, 6.07) is 1.58. The molecule has 0 spiro atoms. The molecule has 2 heterocycles. The molecule has 88 valence electrons. The highest BCUT2D eigenvalue weighted by molar-refractivity contribution is 5.86. The fourth-order valence-electron chi connectivity index (χ4n) is 1.86. The van der Waals surface area contributed by atoms with Gasteiger partial charge in [0.15, 0.2) is 0 Å². The standard InChI is InChI=1S/C10H13NO5/c12-7-4-11(5-8(7)13)3-6-1-2-16-9(6)10(14)15/h1-2,7-8,12-13H,3-5H2,(H,14,15). The molecular formula is C10H13NO5. The van der Waals surface area contributed by atoms with Crippen LogP contribution < -0.4 is 0 Å². The van der Waals surface area contributed by atoms with Gasteiger partial charge in [-0.05, 0) is 6.07 Å². The van der Waals surface area contributed by atoms with E-state index in [4.69, 9.17) is 9.52 Å². The van der Waals surface area contributed by atoms with E-state index in [0.29, 0.717) is 25.2 Å². The Balaban J connectivity index is 2.05. The molecule has 0 aliphatic carbocycles. The Morgan fingerprint density at radius 2 is 2.06 bits per heavy atom. The molecule has 1 aromatic rings. The van der Waals surface area contributed by atoms with Crippen LogP contribution in [0, 0.1) is 0 Å². The quantitative estimate of drug-likeness (QED) is 0.645. The summed E-state index contributed by atoms with van der Waals surface area (Å²) in [6.07, 6.45) is -0.206. The summed E-state index contributed by atoms with van der Waals surface area (Å²) in [7, 11) is 0. The van der Waals surface area contributed by atoms with Gasteiger partial charge in [-0.15, -0.1) is 0 Å². The van der Waals surface area contributed by atoms with Crippen molar-refractivity contribution in [2.45, 2.75) is 18.8 Å². The van der Waals surface area contributed by atoms with E-state index in [1.807, 2.05) is 0 Å². The largest absolute Gasteiger partial charge is 0.475 e. The summed E-state index contributed by atoms with van der Waals surface area (Å²) in [5.41, 5.74) is 0.550. The van der Waals surface area contributed by atoms with E-state index in [1.54, 1.807) is 11.0 Å². The zero-order chi connectivity index (χ0) is 11.7. The van der Waals surface area contributed by atoms with Crippen molar-refractivity contribution >= 4 is 5.97 Å². The van der Waals surface area contributed by atoms with Crippen molar-refractivity contribution in [3.05, 3.63) is 23.7 Å². The second-order valence-corrected chi connectivity index (χ2v) is 3.91. The van der Waals surface area contributed by atoms with Crippen LogP contribution in [0.25, 0.3) is 0 Å². The van der Waals surface area contributed by atoms with E-state index in [2.05, 4.69) is 0 Å². The number of rotatable bonds is 3. The molecule has 0 radical (unpaired) electrons. The minimum Gasteiger partial charge on any atom is -0.475 e. The maximum atomic E-state index is 10.8. The fraction of sp³-hybridized carbons (Fsp3) is 0.500. The smallest absolute Gasteiger partial charge is 0.372 e. The van der Waals surface area contributed by atoms with Crippen LogP contribution in [-0.2, 0) is 6.54 Å². The summed E-state index contributed by atoms with van der Waals surface area (Å²) >= 11 is 0. The predicted octanol–water partition coefficient (Wildman–Crippen LogP) is -0.485. The van der Waals surface area contributed by atoms with Gasteiger partial charge in [-0.3, -0.25) is 4.90 Å². The lowest BCUT2D eigenvalue weighted by Crippen LogP contribution is -2.22. The Kier molecular flexibility index (Phi) is 2.95. The first kappa shape index (κ1) is 11.1. The number of likely N-dealkylation sites (tertiary alicyclic amines) is 1. The molecule has 0 saturated carbocycles. The van der Waals surface area contributed by atoms with E-state index in [1.165, 1.54) is 6.26 Å². The number of hydrogen-bond acceptors (Lipinski definition) is 5. The third-order valence-corrected chi connectivity index (χ3v) is 2.67. The molecular weight excluding hydrogens is 214 g/mol. The number of carboxylic acid groups (broad SMARTS) is 1. The average molecular weight is 227 g/mol. The van der Waals surface area contributed by atoms with Gasteiger partial charge < -0.3 is 19.7 Å². The summed E-state index contributed by atoms with van der Waals surface area (Å²) < 4.78 is 4.84. The molecule has 6 heteroatoms. The van der Waals surface area contributed by atoms with Gasteiger partial charge in [0.1, 0.15) is 0 Å². The van der Waals surface area contributed by atoms with E-state index in [0.717, 1.165) is 0 Å². The fourth-order valence-corrected chi connectivity index (χ4v) is 1.86.